The maximum atomic E-state index is 12.5. The van der Waals surface area contributed by atoms with Crippen molar-refractivity contribution < 1.29 is 47.2 Å². The minimum Gasteiger partial charge on any atom is -0.453 e. The highest BCUT2D eigenvalue weighted by Gasteiger charge is 2.32. The number of carbonyl (C=O) groups excluding carboxylic acids is 2. The number of hydrogen-bond donors (Lipinski definition) is 2. The Morgan fingerprint density at radius 2 is 1.05 bits per heavy atom. The lowest BCUT2D eigenvalue weighted by molar-refractivity contribution is -0.870. The van der Waals surface area contributed by atoms with Crippen molar-refractivity contribution in [3.63, 3.8) is 0 Å². The van der Waals surface area contributed by atoms with Crippen LogP contribution >= 0.6 is 7.82 Å². The highest BCUT2D eigenvalue weighted by molar-refractivity contribution is 7.47. The average Bonchev–Trinajstić information content (AvgIpc) is 2.92. The number of hydrogen-bond acceptors (Lipinski definition) is 8. The molecule has 2 unspecified atom stereocenters. The van der Waals surface area contributed by atoms with Gasteiger partial charge in [0.15, 0.2) is 6.10 Å². The van der Waals surface area contributed by atoms with Crippen LogP contribution in [0.15, 0.2) is 0 Å². The van der Waals surface area contributed by atoms with E-state index in [1.807, 2.05) is 21.1 Å². The van der Waals surface area contributed by atoms with Crippen LogP contribution in [0.5, 0.6) is 0 Å². The fourth-order valence-electron chi connectivity index (χ4n) is 4.47. The van der Waals surface area contributed by atoms with Crippen LogP contribution in [0.1, 0.15) is 142 Å². The third-order valence-electron chi connectivity index (χ3n) is 7.24. The SMILES string of the molecule is CCCCCCCCCCCC(=O)OC(O)[C@H](COP(=O)(O)OCC[N+](C)(C)C)OC(=O)CCCCCCCCCCC. The summed E-state index contributed by atoms with van der Waals surface area (Å²) in [5.41, 5.74) is 0. The van der Waals surface area contributed by atoms with Gasteiger partial charge in [0.2, 0.25) is 6.29 Å². The minimum atomic E-state index is -4.48. The van der Waals surface area contributed by atoms with Gasteiger partial charge in [-0.2, -0.15) is 0 Å². The van der Waals surface area contributed by atoms with Gasteiger partial charge in [-0.15, -0.1) is 0 Å². The normalized spacial score (nSPS) is 14.7. The second-order valence-corrected chi connectivity index (χ2v) is 14.1. The molecule has 0 amide bonds. The molecule has 0 aliphatic rings. The summed E-state index contributed by atoms with van der Waals surface area (Å²) in [4.78, 5) is 34.9. The number of aliphatic hydroxyl groups is 1. The summed E-state index contributed by atoms with van der Waals surface area (Å²) in [5, 5.41) is 10.6. The van der Waals surface area contributed by atoms with Crippen molar-refractivity contribution in [3.05, 3.63) is 0 Å². The van der Waals surface area contributed by atoms with E-state index in [0.29, 0.717) is 23.9 Å². The summed E-state index contributed by atoms with van der Waals surface area (Å²) in [7, 11) is 1.25. The number of nitrogens with zero attached hydrogens (tertiary/aromatic N) is 1. The number of esters is 2. The maximum Gasteiger partial charge on any atom is 0.472 e. The van der Waals surface area contributed by atoms with Gasteiger partial charge in [-0.25, -0.2) is 4.57 Å². The zero-order chi connectivity index (χ0) is 32.4. The fraction of sp³-hybridized carbons (Fsp3) is 0.938. The first kappa shape index (κ1) is 42.0. The molecule has 0 bridgehead atoms. The number of ether oxygens (including phenoxy) is 2. The summed E-state index contributed by atoms with van der Waals surface area (Å²) in [5.74, 6) is -1.22. The zero-order valence-electron chi connectivity index (χ0n) is 28.1. The second-order valence-electron chi connectivity index (χ2n) is 12.7. The first-order valence-electron chi connectivity index (χ1n) is 16.9. The summed E-state index contributed by atoms with van der Waals surface area (Å²) in [6.07, 6.45) is 16.7. The molecule has 0 rings (SSSR count). The van der Waals surface area contributed by atoms with E-state index in [9.17, 15) is 24.2 Å². The number of unbranched alkanes of at least 4 members (excludes halogenated alkanes) is 16. The minimum absolute atomic E-state index is 0.0311. The quantitative estimate of drug-likeness (QED) is 0.0271. The van der Waals surface area contributed by atoms with Crippen LogP contribution in [-0.4, -0.2) is 79.7 Å². The van der Waals surface area contributed by atoms with E-state index in [1.54, 1.807) is 0 Å². The Hall–Kier alpha value is -1.03. The molecule has 43 heavy (non-hydrogen) atoms. The van der Waals surface area contributed by atoms with E-state index >= 15 is 0 Å². The van der Waals surface area contributed by atoms with Gasteiger partial charge in [-0.3, -0.25) is 18.6 Å². The highest BCUT2D eigenvalue weighted by Crippen LogP contribution is 2.43. The molecule has 11 heteroatoms. The van der Waals surface area contributed by atoms with Crippen molar-refractivity contribution in [1.82, 2.24) is 0 Å². The van der Waals surface area contributed by atoms with Gasteiger partial charge in [0.25, 0.3) is 0 Å². The first-order chi connectivity index (χ1) is 20.4. The number of quaternary nitrogens is 1. The molecule has 0 saturated carbocycles. The van der Waals surface area contributed by atoms with Gasteiger partial charge in [0, 0.05) is 12.8 Å². The molecule has 0 spiro atoms. The zero-order valence-corrected chi connectivity index (χ0v) is 29.0. The Labute approximate surface area is 262 Å². The number of carbonyl (C=O) groups is 2. The molecule has 3 atom stereocenters. The maximum absolute atomic E-state index is 12.5. The van der Waals surface area contributed by atoms with Crippen LogP contribution in [0.4, 0.5) is 0 Å². The number of phosphoric ester groups is 1. The Bertz CT molecular complexity index is 745. The van der Waals surface area contributed by atoms with E-state index in [0.717, 1.165) is 38.5 Å². The van der Waals surface area contributed by atoms with Gasteiger partial charge in [-0.05, 0) is 12.8 Å². The van der Waals surface area contributed by atoms with Gasteiger partial charge < -0.3 is 24.0 Å². The number of aliphatic hydroxyl groups excluding tert-OH is 1. The first-order valence-corrected chi connectivity index (χ1v) is 18.4. The van der Waals surface area contributed by atoms with Crippen LogP contribution in [0.3, 0.4) is 0 Å². The molecule has 0 aliphatic carbocycles. The molecule has 0 fully saturated rings. The molecule has 0 aliphatic heterocycles. The monoisotopic (exact) mass is 638 g/mol. The van der Waals surface area contributed by atoms with E-state index in [2.05, 4.69) is 13.8 Å². The number of rotatable bonds is 30. The largest absolute Gasteiger partial charge is 0.472 e. The second kappa shape index (κ2) is 26.2. The van der Waals surface area contributed by atoms with Gasteiger partial charge in [-0.1, -0.05) is 117 Å². The van der Waals surface area contributed by atoms with Crippen molar-refractivity contribution in [2.45, 2.75) is 155 Å². The standard InChI is InChI=1S/C32H64NO9P/c1-6-8-10-12-14-16-18-20-22-24-30(34)41-29(28-40-43(37,38)39-27-26-33(3,4)5)32(36)42-31(35)25-23-21-19-17-15-13-11-9-7-2/h29,32,36H,6-28H2,1-5H3/p+1/t29-,32?/m0/s1. The summed E-state index contributed by atoms with van der Waals surface area (Å²) < 4.78 is 33.4. The van der Waals surface area contributed by atoms with Crippen LogP contribution in [0.25, 0.3) is 0 Å². The predicted molar refractivity (Wildman–Crippen MR) is 170 cm³/mol. The highest BCUT2D eigenvalue weighted by atomic mass is 31.2. The molecule has 0 radical (unpaired) electrons. The van der Waals surface area contributed by atoms with Crippen LogP contribution in [-0.2, 0) is 32.7 Å². The fourth-order valence-corrected chi connectivity index (χ4v) is 5.19. The van der Waals surface area contributed by atoms with Gasteiger partial charge >= 0.3 is 19.8 Å². The molecule has 0 aromatic heterocycles. The number of phosphoric acid groups is 1. The van der Waals surface area contributed by atoms with Crippen molar-refractivity contribution in [2.24, 2.45) is 0 Å². The number of likely N-dealkylation sites (N-methyl/N-ethyl adjacent to an activating group) is 1. The summed E-state index contributed by atoms with van der Waals surface area (Å²) in [6, 6.07) is 0. The summed E-state index contributed by atoms with van der Waals surface area (Å²) >= 11 is 0. The van der Waals surface area contributed by atoms with Crippen molar-refractivity contribution in [1.29, 1.82) is 0 Å². The van der Waals surface area contributed by atoms with Crippen molar-refractivity contribution in [3.8, 4) is 0 Å². The molecule has 0 aromatic rings. The van der Waals surface area contributed by atoms with Crippen molar-refractivity contribution in [2.75, 3.05) is 40.9 Å². The van der Waals surface area contributed by atoms with Crippen LogP contribution < -0.4 is 0 Å². The summed E-state index contributed by atoms with van der Waals surface area (Å²) in [6.45, 7) is 4.16. The Morgan fingerprint density at radius 1 is 0.651 bits per heavy atom. The molecule has 0 saturated heterocycles. The molecule has 0 heterocycles. The molecular weight excluding hydrogens is 573 g/mol. The smallest absolute Gasteiger partial charge is 0.453 e. The Balaban J connectivity index is 4.69. The molecule has 10 nitrogen and oxygen atoms in total. The molecular formula is C32H65NO9P+. The van der Waals surface area contributed by atoms with Crippen LogP contribution in [0.2, 0.25) is 0 Å². The predicted octanol–water partition coefficient (Wildman–Crippen LogP) is 7.44. The molecule has 2 N–H and O–H groups in total. The Morgan fingerprint density at radius 3 is 1.47 bits per heavy atom. The van der Waals surface area contributed by atoms with E-state index in [4.69, 9.17) is 18.5 Å². The lowest BCUT2D eigenvalue weighted by Gasteiger charge is -2.25. The van der Waals surface area contributed by atoms with Crippen LogP contribution in [0, 0.1) is 0 Å². The van der Waals surface area contributed by atoms with E-state index in [1.165, 1.54) is 64.2 Å². The van der Waals surface area contributed by atoms with E-state index in [-0.39, 0.29) is 19.4 Å². The Kier molecular flexibility index (Phi) is 25.6. The lowest BCUT2D eigenvalue weighted by Crippen LogP contribution is -2.39. The topological polar surface area (TPSA) is 129 Å². The van der Waals surface area contributed by atoms with Gasteiger partial charge in [0.05, 0.1) is 21.1 Å². The molecule has 256 valence electrons. The van der Waals surface area contributed by atoms with Gasteiger partial charge in [0.1, 0.15) is 19.8 Å². The lowest BCUT2D eigenvalue weighted by atomic mass is 10.1. The van der Waals surface area contributed by atoms with Crippen molar-refractivity contribution >= 4 is 19.8 Å². The van der Waals surface area contributed by atoms with E-state index < -0.39 is 38.8 Å². The third-order valence-corrected chi connectivity index (χ3v) is 8.22. The average molecular weight is 639 g/mol. The molecule has 0 aromatic carbocycles. The third kappa shape index (κ3) is 28.2.